The highest BCUT2D eigenvalue weighted by Gasteiger charge is 2.31. The average molecular weight is 265 g/mol. The topological polar surface area (TPSA) is 65.1 Å². The van der Waals surface area contributed by atoms with Gasteiger partial charge in [0.05, 0.1) is 27.0 Å². The predicted octanol–water partition coefficient (Wildman–Crippen LogP) is 1.02. The first-order valence-corrected chi connectivity index (χ1v) is 5.77. The Balaban J connectivity index is 2.47. The summed E-state index contributed by atoms with van der Waals surface area (Å²) < 4.78 is 15.6. The molecule has 0 bridgehead atoms. The van der Waals surface area contributed by atoms with E-state index in [1.165, 1.54) is 26.2 Å². The first kappa shape index (κ1) is 13.2. The second-order valence-corrected chi connectivity index (χ2v) is 4.01. The van der Waals surface area contributed by atoms with Crippen LogP contribution < -0.4 is 19.1 Å². The number of ketones is 1. The van der Waals surface area contributed by atoms with E-state index in [4.69, 9.17) is 14.2 Å². The van der Waals surface area contributed by atoms with Crippen LogP contribution >= 0.6 is 0 Å². The fourth-order valence-corrected chi connectivity index (χ4v) is 2.04. The van der Waals surface area contributed by atoms with E-state index in [-0.39, 0.29) is 12.2 Å². The number of anilines is 1. The van der Waals surface area contributed by atoms with Crippen LogP contribution in [-0.4, -0.2) is 39.6 Å². The molecule has 0 saturated carbocycles. The van der Waals surface area contributed by atoms with Gasteiger partial charge >= 0.3 is 0 Å². The molecule has 1 aliphatic heterocycles. The number of rotatable bonds is 4. The van der Waals surface area contributed by atoms with Crippen LogP contribution in [-0.2, 0) is 9.59 Å². The SMILES string of the molecule is COc1cc(N2CCC(=O)C2=O)cc(OC)c1OC. The molecule has 1 fully saturated rings. The highest BCUT2D eigenvalue weighted by atomic mass is 16.5. The molecule has 1 amide bonds. The lowest BCUT2D eigenvalue weighted by Gasteiger charge is -2.19. The predicted molar refractivity (Wildman–Crippen MR) is 68.1 cm³/mol. The van der Waals surface area contributed by atoms with Crippen molar-refractivity contribution >= 4 is 17.4 Å². The number of methoxy groups -OCH3 is 3. The summed E-state index contributed by atoms with van der Waals surface area (Å²) in [4.78, 5) is 24.4. The lowest BCUT2D eigenvalue weighted by Crippen LogP contribution is -2.27. The van der Waals surface area contributed by atoms with Crippen molar-refractivity contribution in [2.75, 3.05) is 32.8 Å². The number of ether oxygens (including phenoxy) is 3. The third kappa shape index (κ3) is 2.21. The minimum Gasteiger partial charge on any atom is -0.493 e. The van der Waals surface area contributed by atoms with Crippen LogP contribution in [0.1, 0.15) is 6.42 Å². The Morgan fingerprint density at radius 1 is 1.00 bits per heavy atom. The minimum atomic E-state index is -0.505. The highest BCUT2D eigenvalue weighted by molar-refractivity contribution is 6.43. The zero-order chi connectivity index (χ0) is 14.0. The Bertz CT molecular complexity index is 501. The van der Waals surface area contributed by atoms with Gasteiger partial charge in [-0.25, -0.2) is 0 Å². The highest BCUT2D eigenvalue weighted by Crippen LogP contribution is 2.41. The number of amides is 1. The van der Waals surface area contributed by atoms with E-state index in [1.54, 1.807) is 12.1 Å². The van der Waals surface area contributed by atoms with E-state index in [2.05, 4.69) is 0 Å². The average Bonchev–Trinajstić information content (AvgIpc) is 2.77. The largest absolute Gasteiger partial charge is 0.493 e. The molecule has 6 nitrogen and oxygen atoms in total. The maximum absolute atomic E-state index is 11.7. The van der Waals surface area contributed by atoms with Crippen molar-refractivity contribution in [2.24, 2.45) is 0 Å². The smallest absolute Gasteiger partial charge is 0.294 e. The molecule has 0 aromatic heterocycles. The lowest BCUT2D eigenvalue weighted by molar-refractivity contribution is -0.133. The molecule has 1 heterocycles. The quantitative estimate of drug-likeness (QED) is 0.760. The summed E-state index contributed by atoms with van der Waals surface area (Å²) >= 11 is 0. The Hall–Kier alpha value is -2.24. The Labute approximate surface area is 110 Å². The van der Waals surface area contributed by atoms with E-state index in [1.807, 2.05) is 0 Å². The van der Waals surface area contributed by atoms with Crippen LogP contribution in [0.2, 0.25) is 0 Å². The molecular formula is C13H15NO5. The maximum Gasteiger partial charge on any atom is 0.294 e. The molecule has 1 aliphatic rings. The second kappa shape index (κ2) is 5.17. The number of benzene rings is 1. The van der Waals surface area contributed by atoms with E-state index in [0.717, 1.165) is 0 Å². The van der Waals surface area contributed by atoms with Gasteiger partial charge in [0.1, 0.15) is 0 Å². The van der Waals surface area contributed by atoms with Gasteiger partial charge in [-0.15, -0.1) is 0 Å². The number of hydrogen-bond acceptors (Lipinski definition) is 5. The van der Waals surface area contributed by atoms with Crippen LogP contribution in [0, 0.1) is 0 Å². The van der Waals surface area contributed by atoms with Crippen LogP contribution in [0.15, 0.2) is 12.1 Å². The number of carbonyl (C=O) groups is 2. The van der Waals surface area contributed by atoms with Crippen LogP contribution in [0.25, 0.3) is 0 Å². The summed E-state index contributed by atoms with van der Waals surface area (Å²) in [7, 11) is 4.50. The van der Waals surface area contributed by atoms with Crippen molar-refractivity contribution in [3.8, 4) is 17.2 Å². The molecule has 102 valence electrons. The number of Topliss-reactive ketones (excluding diaryl/α,β-unsaturated/α-hetero) is 1. The van der Waals surface area contributed by atoms with Gasteiger partial charge in [0, 0.05) is 25.1 Å². The molecule has 1 saturated heterocycles. The van der Waals surface area contributed by atoms with Gasteiger partial charge in [-0.05, 0) is 0 Å². The first-order chi connectivity index (χ1) is 9.12. The summed E-state index contributed by atoms with van der Waals surface area (Å²) in [5.41, 5.74) is 0.561. The Morgan fingerprint density at radius 2 is 1.58 bits per heavy atom. The van der Waals surface area contributed by atoms with E-state index < -0.39 is 5.91 Å². The standard InChI is InChI=1S/C13H15NO5/c1-17-10-6-8(7-11(18-2)12(10)19-3)14-5-4-9(15)13(14)16/h6-7H,4-5H2,1-3H3. The molecule has 0 aliphatic carbocycles. The molecule has 19 heavy (non-hydrogen) atoms. The van der Waals surface area contributed by atoms with Crippen LogP contribution in [0.4, 0.5) is 5.69 Å². The molecule has 1 aromatic rings. The summed E-state index contributed by atoms with van der Waals surface area (Å²) in [6.07, 6.45) is 0.232. The lowest BCUT2D eigenvalue weighted by atomic mass is 10.2. The van der Waals surface area contributed by atoms with Gasteiger partial charge in [0.2, 0.25) is 11.5 Å². The summed E-state index contributed by atoms with van der Waals surface area (Å²) in [5, 5.41) is 0. The van der Waals surface area contributed by atoms with Crippen molar-refractivity contribution < 1.29 is 23.8 Å². The molecule has 2 rings (SSSR count). The van der Waals surface area contributed by atoms with Gasteiger partial charge in [-0.2, -0.15) is 0 Å². The Morgan fingerprint density at radius 3 is 1.95 bits per heavy atom. The van der Waals surface area contributed by atoms with E-state index in [9.17, 15) is 9.59 Å². The molecule has 0 N–H and O–H groups in total. The van der Waals surface area contributed by atoms with Crippen molar-refractivity contribution in [1.29, 1.82) is 0 Å². The Kier molecular flexibility index (Phi) is 3.59. The minimum absolute atomic E-state index is 0.232. The summed E-state index contributed by atoms with van der Waals surface area (Å²) in [6, 6.07) is 3.30. The van der Waals surface area contributed by atoms with Crippen molar-refractivity contribution in [3.63, 3.8) is 0 Å². The van der Waals surface area contributed by atoms with Crippen molar-refractivity contribution in [3.05, 3.63) is 12.1 Å². The normalized spacial score (nSPS) is 14.8. The fraction of sp³-hybridized carbons (Fsp3) is 0.385. The number of carbonyl (C=O) groups excluding carboxylic acids is 2. The fourth-order valence-electron chi connectivity index (χ4n) is 2.04. The van der Waals surface area contributed by atoms with Gasteiger partial charge in [-0.1, -0.05) is 0 Å². The van der Waals surface area contributed by atoms with E-state index in [0.29, 0.717) is 29.5 Å². The van der Waals surface area contributed by atoms with Gasteiger partial charge in [0.25, 0.3) is 5.91 Å². The summed E-state index contributed by atoms with van der Waals surface area (Å²) in [5.74, 6) is 0.461. The van der Waals surface area contributed by atoms with Gasteiger partial charge < -0.3 is 19.1 Å². The van der Waals surface area contributed by atoms with Crippen molar-refractivity contribution in [2.45, 2.75) is 6.42 Å². The monoisotopic (exact) mass is 265 g/mol. The molecule has 6 heteroatoms. The number of nitrogens with zero attached hydrogens (tertiary/aromatic N) is 1. The van der Waals surface area contributed by atoms with Crippen LogP contribution in [0.3, 0.4) is 0 Å². The summed E-state index contributed by atoms with van der Waals surface area (Å²) in [6.45, 7) is 0.371. The molecule has 0 radical (unpaired) electrons. The number of hydrogen-bond donors (Lipinski definition) is 0. The van der Waals surface area contributed by atoms with Gasteiger partial charge in [-0.3, -0.25) is 9.59 Å². The third-order valence-electron chi connectivity index (χ3n) is 3.01. The molecule has 0 spiro atoms. The van der Waals surface area contributed by atoms with Crippen molar-refractivity contribution in [1.82, 2.24) is 0 Å². The first-order valence-electron chi connectivity index (χ1n) is 5.77. The molecule has 1 aromatic carbocycles. The zero-order valence-electron chi connectivity index (χ0n) is 11.1. The third-order valence-corrected chi connectivity index (χ3v) is 3.01. The second-order valence-electron chi connectivity index (χ2n) is 4.01. The molecule has 0 unspecified atom stereocenters. The maximum atomic E-state index is 11.7. The molecule has 0 atom stereocenters. The zero-order valence-corrected chi connectivity index (χ0v) is 11.1. The van der Waals surface area contributed by atoms with Gasteiger partial charge in [0.15, 0.2) is 11.5 Å². The molecular weight excluding hydrogens is 250 g/mol. The van der Waals surface area contributed by atoms with E-state index >= 15 is 0 Å². The van der Waals surface area contributed by atoms with Crippen LogP contribution in [0.5, 0.6) is 17.2 Å².